The fourth-order valence-electron chi connectivity index (χ4n) is 3.40. The number of halogens is 1. The quantitative estimate of drug-likeness (QED) is 0.771. The van der Waals surface area contributed by atoms with Gasteiger partial charge in [-0.15, -0.1) is 0 Å². The third-order valence-corrected chi connectivity index (χ3v) is 5.95. The molecule has 24 heavy (non-hydrogen) atoms. The van der Waals surface area contributed by atoms with Crippen LogP contribution in [0.3, 0.4) is 0 Å². The second-order valence-corrected chi connectivity index (χ2v) is 8.90. The van der Waals surface area contributed by atoms with Crippen molar-refractivity contribution >= 4 is 16.9 Å². The SMILES string of the molecule is CC(C)CCN(C)C1=N[C@@H]2[C@H]3OC(C)(C)O[C@@H]3[C@@H]([C@H](C)F)O[C@@H]2S1. The number of fused-ring (bicyclic) bond motifs is 3. The van der Waals surface area contributed by atoms with Crippen LogP contribution in [0.1, 0.15) is 41.0 Å². The molecule has 0 saturated carbocycles. The van der Waals surface area contributed by atoms with E-state index in [1.165, 1.54) is 6.92 Å². The summed E-state index contributed by atoms with van der Waals surface area (Å²) in [5, 5.41) is 0.949. The van der Waals surface area contributed by atoms with Crippen molar-refractivity contribution in [2.45, 2.75) is 82.8 Å². The Balaban J connectivity index is 1.76. The van der Waals surface area contributed by atoms with E-state index >= 15 is 0 Å². The van der Waals surface area contributed by atoms with Crippen molar-refractivity contribution in [3.8, 4) is 0 Å². The van der Waals surface area contributed by atoms with Gasteiger partial charge in [-0.25, -0.2) is 4.39 Å². The van der Waals surface area contributed by atoms with E-state index in [1.54, 1.807) is 11.8 Å². The van der Waals surface area contributed by atoms with Crippen LogP contribution in [-0.4, -0.2) is 65.4 Å². The summed E-state index contributed by atoms with van der Waals surface area (Å²) in [6.07, 6.45) is -1.29. The zero-order chi connectivity index (χ0) is 17.6. The Morgan fingerprint density at radius 2 is 1.92 bits per heavy atom. The number of hydrogen-bond donors (Lipinski definition) is 0. The maximum Gasteiger partial charge on any atom is 0.164 e. The molecule has 0 amide bonds. The summed E-state index contributed by atoms with van der Waals surface area (Å²) in [6, 6.07) is -0.145. The van der Waals surface area contributed by atoms with Crippen molar-refractivity contribution in [1.29, 1.82) is 0 Å². The van der Waals surface area contributed by atoms with Gasteiger partial charge in [0.05, 0.1) is 0 Å². The lowest BCUT2D eigenvalue weighted by atomic mass is 9.96. The Labute approximate surface area is 148 Å². The van der Waals surface area contributed by atoms with E-state index in [0.29, 0.717) is 5.92 Å². The molecule has 7 heteroatoms. The molecule has 0 radical (unpaired) electrons. The van der Waals surface area contributed by atoms with Gasteiger partial charge in [0, 0.05) is 13.6 Å². The summed E-state index contributed by atoms with van der Waals surface area (Å²) < 4.78 is 32.1. The standard InChI is InChI=1S/C17H29FN2O3S/c1-9(2)7-8-20(6)16-19-11-13-14(23-17(4,5)22-13)12(10(3)18)21-15(11)24-16/h9-15H,7-8H2,1-6H3/t10-,11+,12+,13+,14+,15+/m0/s1. The molecule has 2 fully saturated rings. The first kappa shape index (κ1) is 18.4. The van der Waals surface area contributed by atoms with Crippen molar-refractivity contribution in [2.75, 3.05) is 13.6 Å². The number of ether oxygens (including phenoxy) is 3. The summed E-state index contributed by atoms with van der Waals surface area (Å²) in [4.78, 5) is 7.01. The van der Waals surface area contributed by atoms with E-state index in [2.05, 4.69) is 18.7 Å². The van der Waals surface area contributed by atoms with Crippen LogP contribution in [-0.2, 0) is 14.2 Å². The Hall–Kier alpha value is -0.370. The summed E-state index contributed by atoms with van der Waals surface area (Å²) in [6.45, 7) is 10.6. The van der Waals surface area contributed by atoms with Crippen molar-refractivity contribution in [3.63, 3.8) is 0 Å². The largest absolute Gasteiger partial charge is 0.356 e. The lowest BCUT2D eigenvalue weighted by molar-refractivity contribution is -0.162. The molecule has 3 aliphatic heterocycles. The fraction of sp³-hybridized carbons (Fsp3) is 0.941. The van der Waals surface area contributed by atoms with Crippen LogP contribution in [0.2, 0.25) is 0 Å². The second kappa shape index (κ2) is 6.74. The van der Waals surface area contributed by atoms with Crippen LogP contribution >= 0.6 is 11.8 Å². The predicted octanol–water partition coefficient (Wildman–Crippen LogP) is 3.04. The van der Waals surface area contributed by atoms with E-state index in [-0.39, 0.29) is 17.6 Å². The van der Waals surface area contributed by atoms with Gasteiger partial charge in [-0.05, 0) is 33.1 Å². The van der Waals surface area contributed by atoms with Gasteiger partial charge in [0.2, 0.25) is 0 Å². The first-order valence-corrected chi connectivity index (χ1v) is 9.66. The van der Waals surface area contributed by atoms with Crippen LogP contribution in [0.4, 0.5) is 4.39 Å². The lowest BCUT2D eigenvalue weighted by Crippen LogP contribution is -2.55. The number of thioether (sulfide) groups is 1. The van der Waals surface area contributed by atoms with E-state index in [1.807, 2.05) is 20.9 Å². The highest BCUT2D eigenvalue weighted by Gasteiger charge is 2.58. The second-order valence-electron chi connectivity index (χ2n) is 7.84. The van der Waals surface area contributed by atoms with Gasteiger partial charge in [0.25, 0.3) is 0 Å². The topological polar surface area (TPSA) is 43.3 Å². The van der Waals surface area contributed by atoms with Crippen LogP contribution in [0.15, 0.2) is 4.99 Å². The molecule has 6 atom stereocenters. The summed E-state index contributed by atoms with van der Waals surface area (Å²) in [5.74, 6) is -0.0841. The number of hydrogen-bond acceptors (Lipinski definition) is 6. The summed E-state index contributed by atoms with van der Waals surface area (Å²) in [7, 11) is 2.05. The average molecular weight is 360 g/mol. The number of nitrogens with zero attached hydrogens (tertiary/aromatic N) is 2. The minimum absolute atomic E-state index is 0.145. The first-order chi connectivity index (χ1) is 11.2. The molecular weight excluding hydrogens is 331 g/mol. The Kier molecular flexibility index (Phi) is 5.17. The molecule has 0 aromatic heterocycles. The summed E-state index contributed by atoms with van der Waals surface area (Å²) in [5.41, 5.74) is -0.205. The third-order valence-electron chi connectivity index (χ3n) is 4.70. The van der Waals surface area contributed by atoms with Gasteiger partial charge >= 0.3 is 0 Å². The average Bonchev–Trinajstić information content (AvgIpc) is 3.02. The molecular formula is C17H29FN2O3S. The molecule has 0 N–H and O–H groups in total. The highest BCUT2D eigenvalue weighted by molar-refractivity contribution is 8.14. The van der Waals surface area contributed by atoms with Crippen LogP contribution in [0, 0.1) is 5.92 Å². The van der Waals surface area contributed by atoms with E-state index in [4.69, 9.17) is 19.2 Å². The molecule has 0 aromatic carbocycles. The van der Waals surface area contributed by atoms with E-state index in [9.17, 15) is 4.39 Å². The normalized spacial score (nSPS) is 38.7. The monoisotopic (exact) mass is 360 g/mol. The third kappa shape index (κ3) is 3.59. The molecule has 2 saturated heterocycles. The number of alkyl halides is 1. The smallest absolute Gasteiger partial charge is 0.164 e. The molecule has 5 nitrogen and oxygen atoms in total. The van der Waals surface area contributed by atoms with Crippen molar-refractivity contribution in [1.82, 2.24) is 4.90 Å². The lowest BCUT2D eigenvalue weighted by Gasteiger charge is -2.38. The van der Waals surface area contributed by atoms with Crippen molar-refractivity contribution < 1.29 is 18.6 Å². The molecule has 138 valence electrons. The number of aliphatic imine (C=N–C) groups is 1. The zero-order valence-corrected chi connectivity index (χ0v) is 16.2. The maximum atomic E-state index is 14.1. The molecule has 0 aliphatic carbocycles. The van der Waals surface area contributed by atoms with Gasteiger partial charge in [-0.2, -0.15) is 0 Å². The van der Waals surface area contributed by atoms with Gasteiger partial charge in [0.15, 0.2) is 11.0 Å². The van der Waals surface area contributed by atoms with Gasteiger partial charge in [-0.3, -0.25) is 4.99 Å². The van der Waals surface area contributed by atoms with Crippen LogP contribution < -0.4 is 0 Å². The molecule has 0 unspecified atom stereocenters. The number of amidine groups is 1. The first-order valence-electron chi connectivity index (χ1n) is 8.78. The summed E-state index contributed by atoms with van der Waals surface area (Å²) >= 11 is 1.58. The zero-order valence-electron chi connectivity index (χ0n) is 15.4. The predicted molar refractivity (Wildman–Crippen MR) is 94.0 cm³/mol. The van der Waals surface area contributed by atoms with Crippen LogP contribution in [0.5, 0.6) is 0 Å². The molecule has 0 bridgehead atoms. The molecule has 3 rings (SSSR count). The van der Waals surface area contributed by atoms with Gasteiger partial charge in [-0.1, -0.05) is 25.6 Å². The highest BCUT2D eigenvalue weighted by atomic mass is 32.2. The van der Waals surface area contributed by atoms with Crippen molar-refractivity contribution in [3.05, 3.63) is 0 Å². The minimum atomic E-state index is -1.11. The molecule has 3 aliphatic rings. The maximum absolute atomic E-state index is 14.1. The molecule has 3 heterocycles. The Morgan fingerprint density at radius 3 is 2.54 bits per heavy atom. The van der Waals surface area contributed by atoms with Gasteiger partial charge in [0.1, 0.15) is 36.0 Å². The van der Waals surface area contributed by atoms with E-state index < -0.39 is 24.2 Å². The Bertz CT molecular complexity index is 500. The fourth-order valence-corrected chi connectivity index (χ4v) is 4.60. The van der Waals surface area contributed by atoms with Crippen LogP contribution in [0.25, 0.3) is 0 Å². The highest BCUT2D eigenvalue weighted by Crippen LogP contribution is 2.45. The molecule has 0 aromatic rings. The van der Waals surface area contributed by atoms with Gasteiger partial charge < -0.3 is 19.1 Å². The minimum Gasteiger partial charge on any atom is -0.356 e. The molecule has 0 spiro atoms. The van der Waals surface area contributed by atoms with Crippen molar-refractivity contribution in [2.24, 2.45) is 10.9 Å². The Morgan fingerprint density at radius 1 is 1.25 bits per heavy atom. The van der Waals surface area contributed by atoms with E-state index in [0.717, 1.165) is 18.1 Å². The number of rotatable bonds is 4.